The van der Waals surface area contributed by atoms with E-state index in [2.05, 4.69) is 10.3 Å². The smallest absolute Gasteiger partial charge is 0.337 e. The molecule has 0 bridgehead atoms. The Kier molecular flexibility index (Phi) is 3.24. The van der Waals surface area contributed by atoms with Crippen molar-refractivity contribution in [1.82, 2.24) is 4.98 Å². The van der Waals surface area contributed by atoms with Crippen molar-refractivity contribution in [2.24, 2.45) is 0 Å². The first-order valence-corrected chi connectivity index (χ1v) is 5.80. The van der Waals surface area contributed by atoms with Gasteiger partial charge in [0.25, 0.3) is 0 Å². The van der Waals surface area contributed by atoms with E-state index in [4.69, 9.17) is 10.8 Å². The highest BCUT2D eigenvalue weighted by molar-refractivity contribution is 7.09. The zero-order valence-electron chi connectivity index (χ0n) is 8.88. The molecule has 1 aromatic carbocycles. The number of thiazole rings is 1. The van der Waals surface area contributed by atoms with Gasteiger partial charge in [0.2, 0.25) is 0 Å². The Labute approximate surface area is 102 Å². The molecule has 88 valence electrons. The van der Waals surface area contributed by atoms with E-state index >= 15 is 0 Å². The normalized spacial score (nSPS) is 10.1. The summed E-state index contributed by atoms with van der Waals surface area (Å²) in [7, 11) is 0. The summed E-state index contributed by atoms with van der Waals surface area (Å²) in [6.07, 6.45) is 1.74. The number of rotatable bonds is 4. The highest BCUT2D eigenvalue weighted by Crippen LogP contribution is 2.19. The molecule has 4 N–H and O–H groups in total. The van der Waals surface area contributed by atoms with Crippen LogP contribution in [0.3, 0.4) is 0 Å². The third-order valence-corrected chi connectivity index (χ3v) is 2.99. The van der Waals surface area contributed by atoms with E-state index < -0.39 is 5.97 Å². The van der Waals surface area contributed by atoms with Gasteiger partial charge in [-0.1, -0.05) is 0 Å². The van der Waals surface area contributed by atoms with E-state index in [1.807, 2.05) is 5.38 Å². The number of nitrogens with two attached hydrogens (primary N) is 1. The van der Waals surface area contributed by atoms with Gasteiger partial charge in [0, 0.05) is 23.0 Å². The largest absolute Gasteiger partial charge is 0.478 e. The number of carboxylic acids is 1. The first-order valence-electron chi connectivity index (χ1n) is 4.92. The molecule has 0 aliphatic heterocycles. The summed E-state index contributed by atoms with van der Waals surface area (Å²) in [6.45, 7) is 0.601. The SMILES string of the molecule is Nc1cc(NCc2nccs2)ccc1C(=O)O. The minimum atomic E-state index is -1.02. The topological polar surface area (TPSA) is 88.2 Å². The lowest BCUT2D eigenvalue weighted by Crippen LogP contribution is -2.04. The molecule has 0 radical (unpaired) electrons. The molecule has 0 unspecified atom stereocenters. The highest BCUT2D eigenvalue weighted by Gasteiger charge is 2.07. The van der Waals surface area contributed by atoms with Gasteiger partial charge in [-0.3, -0.25) is 0 Å². The quantitative estimate of drug-likeness (QED) is 0.721. The average Bonchev–Trinajstić information content (AvgIpc) is 2.78. The van der Waals surface area contributed by atoms with Crippen LogP contribution in [0.5, 0.6) is 0 Å². The molecule has 0 saturated carbocycles. The van der Waals surface area contributed by atoms with E-state index in [1.165, 1.54) is 6.07 Å². The van der Waals surface area contributed by atoms with Crippen molar-refractivity contribution in [1.29, 1.82) is 0 Å². The summed E-state index contributed by atoms with van der Waals surface area (Å²) in [6, 6.07) is 4.78. The van der Waals surface area contributed by atoms with Crippen molar-refractivity contribution < 1.29 is 9.90 Å². The van der Waals surface area contributed by atoms with Crippen LogP contribution in [0.4, 0.5) is 11.4 Å². The van der Waals surface area contributed by atoms with Gasteiger partial charge in [0.1, 0.15) is 5.01 Å². The number of nitrogens with one attached hydrogen (secondary N) is 1. The second-order valence-corrected chi connectivity index (χ2v) is 4.37. The fourth-order valence-electron chi connectivity index (χ4n) is 1.39. The lowest BCUT2D eigenvalue weighted by atomic mass is 10.1. The Morgan fingerprint density at radius 3 is 2.94 bits per heavy atom. The third-order valence-electron chi connectivity index (χ3n) is 2.21. The van der Waals surface area contributed by atoms with Gasteiger partial charge in [0.05, 0.1) is 12.1 Å². The van der Waals surface area contributed by atoms with Gasteiger partial charge in [0.15, 0.2) is 0 Å². The molecule has 0 aliphatic rings. The van der Waals surface area contributed by atoms with Crippen LogP contribution in [0.1, 0.15) is 15.4 Å². The molecule has 1 heterocycles. The summed E-state index contributed by atoms with van der Waals surface area (Å²) in [4.78, 5) is 14.9. The second-order valence-electron chi connectivity index (χ2n) is 3.39. The maximum Gasteiger partial charge on any atom is 0.337 e. The molecule has 2 aromatic rings. The Balaban J connectivity index is 2.07. The van der Waals surface area contributed by atoms with Crippen LogP contribution < -0.4 is 11.1 Å². The Morgan fingerprint density at radius 2 is 2.35 bits per heavy atom. The van der Waals surface area contributed by atoms with Gasteiger partial charge in [-0.2, -0.15) is 0 Å². The van der Waals surface area contributed by atoms with Crippen molar-refractivity contribution in [3.8, 4) is 0 Å². The van der Waals surface area contributed by atoms with Crippen LogP contribution in [0.25, 0.3) is 0 Å². The molecule has 1 aromatic heterocycles. The first kappa shape index (κ1) is 11.4. The van der Waals surface area contributed by atoms with Crippen molar-refractivity contribution in [2.45, 2.75) is 6.54 Å². The molecule has 0 saturated heterocycles. The molecule has 17 heavy (non-hydrogen) atoms. The summed E-state index contributed by atoms with van der Waals surface area (Å²) < 4.78 is 0. The number of benzene rings is 1. The number of nitrogens with zero attached hydrogens (tertiary/aromatic N) is 1. The molecule has 0 atom stereocenters. The molecule has 0 spiro atoms. The highest BCUT2D eigenvalue weighted by atomic mass is 32.1. The van der Waals surface area contributed by atoms with Crippen molar-refractivity contribution in [2.75, 3.05) is 11.1 Å². The summed E-state index contributed by atoms with van der Waals surface area (Å²) in [5.74, 6) is -1.02. The predicted octanol–water partition coefficient (Wildman–Crippen LogP) is 2.04. The summed E-state index contributed by atoms with van der Waals surface area (Å²) in [5.41, 5.74) is 6.78. The number of carboxylic acid groups (broad SMARTS) is 1. The first-order chi connectivity index (χ1) is 8.16. The number of hydrogen-bond acceptors (Lipinski definition) is 5. The molecule has 0 amide bonds. The summed E-state index contributed by atoms with van der Waals surface area (Å²) >= 11 is 1.56. The van der Waals surface area contributed by atoms with Crippen LogP contribution in [-0.2, 0) is 6.54 Å². The number of hydrogen-bond donors (Lipinski definition) is 3. The maximum absolute atomic E-state index is 10.8. The number of aromatic nitrogens is 1. The van der Waals surface area contributed by atoms with Gasteiger partial charge in [-0.15, -0.1) is 11.3 Å². The lowest BCUT2D eigenvalue weighted by Gasteiger charge is -2.07. The molecule has 6 heteroatoms. The van der Waals surface area contributed by atoms with Crippen LogP contribution in [-0.4, -0.2) is 16.1 Å². The van der Waals surface area contributed by atoms with Crippen molar-refractivity contribution >= 4 is 28.7 Å². The van der Waals surface area contributed by atoms with Crippen molar-refractivity contribution in [3.63, 3.8) is 0 Å². The van der Waals surface area contributed by atoms with Crippen LogP contribution in [0.2, 0.25) is 0 Å². The number of anilines is 2. The third kappa shape index (κ3) is 2.73. The fraction of sp³-hybridized carbons (Fsp3) is 0.0909. The van der Waals surface area contributed by atoms with E-state index in [0.29, 0.717) is 6.54 Å². The van der Waals surface area contributed by atoms with Gasteiger partial charge in [-0.25, -0.2) is 9.78 Å². The monoisotopic (exact) mass is 249 g/mol. The Hall–Kier alpha value is -2.08. The predicted molar refractivity (Wildman–Crippen MR) is 67.3 cm³/mol. The summed E-state index contributed by atoms with van der Waals surface area (Å²) in [5, 5.41) is 14.8. The average molecular weight is 249 g/mol. The van der Waals surface area contributed by atoms with Crippen LogP contribution in [0.15, 0.2) is 29.8 Å². The van der Waals surface area contributed by atoms with Crippen LogP contribution >= 0.6 is 11.3 Å². The fourth-order valence-corrected chi connectivity index (χ4v) is 1.94. The van der Waals surface area contributed by atoms with E-state index in [9.17, 15) is 4.79 Å². The molecule has 0 aliphatic carbocycles. The molecular formula is C11H11N3O2S. The van der Waals surface area contributed by atoms with Crippen molar-refractivity contribution in [3.05, 3.63) is 40.3 Å². The number of aromatic carboxylic acids is 1. The zero-order chi connectivity index (χ0) is 12.3. The van der Waals surface area contributed by atoms with Crippen LogP contribution in [0, 0.1) is 0 Å². The maximum atomic E-state index is 10.8. The van der Waals surface area contributed by atoms with Gasteiger partial charge in [-0.05, 0) is 18.2 Å². The molecule has 0 fully saturated rings. The van der Waals surface area contributed by atoms with E-state index in [-0.39, 0.29) is 11.3 Å². The molecule has 5 nitrogen and oxygen atoms in total. The molecular weight excluding hydrogens is 238 g/mol. The number of carbonyl (C=O) groups is 1. The Bertz CT molecular complexity index is 526. The standard InChI is InChI=1S/C11H11N3O2S/c12-9-5-7(1-2-8(9)11(15)16)14-6-10-13-3-4-17-10/h1-5,14H,6,12H2,(H,15,16). The van der Waals surface area contributed by atoms with Gasteiger partial charge < -0.3 is 16.2 Å². The van der Waals surface area contributed by atoms with E-state index in [0.717, 1.165) is 10.7 Å². The second kappa shape index (κ2) is 4.84. The lowest BCUT2D eigenvalue weighted by molar-refractivity contribution is 0.0698. The molecule has 2 rings (SSSR count). The minimum absolute atomic E-state index is 0.116. The zero-order valence-corrected chi connectivity index (χ0v) is 9.70. The van der Waals surface area contributed by atoms with E-state index in [1.54, 1.807) is 29.7 Å². The minimum Gasteiger partial charge on any atom is -0.478 e. The number of nitrogen functional groups attached to an aromatic ring is 1. The van der Waals surface area contributed by atoms with Gasteiger partial charge >= 0.3 is 5.97 Å². The Morgan fingerprint density at radius 1 is 1.53 bits per heavy atom.